The van der Waals surface area contributed by atoms with Gasteiger partial charge in [0.15, 0.2) is 5.84 Å². The summed E-state index contributed by atoms with van der Waals surface area (Å²) < 4.78 is 22.7. The van der Waals surface area contributed by atoms with E-state index in [1.54, 1.807) is 30.5 Å². The predicted molar refractivity (Wildman–Crippen MR) is 50.6 cm³/mol. The predicted octanol–water partition coefficient (Wildman–Crippen LogP) is 1.01. The van der Waals surface area contributed by atoms with Crippen LogP contribution in [0.15, 0.2) is 34.4 Å². The highest BCUT2D eigenvalue weighted by molar-refractivity contribution is 7.84. The summed E-state index contributed by atoms with van der Waals surface area (Å²) in [7, 11) is -1.03. The third-order valence-corrected chi connectivity index (χ3v) is 2.51. The second-order valence-corrected chi connectivity index (χ2v) is 3.83. The molecule has 1 aromatic carbocycles. The van der Waals surface area contributed by atoms with Crippen LogP contribution in [0.5, 0.6) is 0 Å². The van der Waals surface area contributed by atoms with Crippen LogP contribution in [0.3, 0.4) is 0 Å². The lowest BCUT2D eigenvalue weighted by atomic mass is 10.2. The quantitative estimate of drug-likeness (QED) is 0.572. The highest BCUT2D eigenvalue weighted by atomic mass is 32.2. The summed E-state index contributed by atoms with van der Waals surface area (Å²) in [5.41, 5.74) is 5.70. The zero-order valence-electron chi connectivity index (χ0n) is 7.03. The molecule has 3 nitrogen and oxygen atoms in total. The van der Waals surface area contributed by atoms with Gasteiger partial charge >= 0.3 is 0 Å². The fourth-order valence-corrected chi connectivity index (χ4v) is 1.39. The van der Waals surface area contributed by atoms with Gasteiger partial charge in [-0.05, 0) is 24.3 Å². The molecule has 0 saturated carbocycles. The van der Waals surface area contributed by atoms with Gasteiger partial charge in [0.05, 0.1) is 0 Å². The first kappa shape index (κ1) is 9.85. The van der Waals surface area contributed by atoms with Crippen molar-refractivity contribution in [2.24, 2.45) is 10.9 Å². The van der Waals surface area contributed by atoms with Crippen molar-refractivity contribution < 1.29 is 8.69 Å². The molecule has 1 rings (SSSR count). The molecule has 0 radical (unpaired) electrons. The average molecular weight is 200 g/mol. The van der Waals surface area contributed by atoms with Gasteiger partial charge in [0.25, 0.3) is 0 Å². The Bertz CT molecular complexity index is 348. The Labute approximate surface area is 77.9 Å². The summed E-state index contributed by atoms with van der Waals surface area (Å²) in [4.78, 5) is 0.676. The highest BCUT2D eigenvalue weighted by Crippen LogP contribution is 2.07. The second-order valence-electron chi connectivity index (χ2n) is 2.45. The van der Waals surface area contributed by atoms with Crippen LogP contribution in [0.25, 0.3) is 0 Å². The monoisotopic (exact) mass is 200 g/mol. The molecule has 0 spiro atoms. The van der Waals surface area contributed by atoms with Crippen LogP contribution >= 0.6 is 0 Å². The van der Waals surface area contributed by atoms with E-state index in [2.05, 4.69) is 5.21 Å². The molecular formula is C8H9FN2OS. The van der Waals surface area contributed by atoms with Crippen molar-refractivity contribution in [1.29, 1.82) is 0 Å². The Kier molecular flexibility index (Phi) is 3.13. The minimum absolute atomic E-state index is 0.173. The van der Waals surface area contributed by atoms with E-state index in [1.807, 2.05) is 0 Å². The first-order valence-corrected chi connectivity index (χ1v) is 5.09. The fraction of sp³-hybridized carbons (Fsp3) is 0.125. The van der Waals surface area contributed by atoms with Gasteiger partial charge in [-0.2, -0.15) is 0 Å². The molecule has 0 aliphatic heterocycles. The number of hydrogen-bond donors (Lipinski definition) is 1. The fourth-order valence-electron chi connectivity index (χ4n) is 0.866. The Hall–Kier alpha value is -1.23. The molecule has 0 amide bonds. The van der Waals surface area contributed by atoms with Gasteiger partial charge in [-0.1, -0.05) is 9.70 Å². The van der Waals surface area contributed by atoms with E-state index in [9.17, 15) is 8.69 Å². The summed E-state index contributed by atoms with van der Waals surface area (Å²) in [6, 6.07) is 6.41. The van der Waals surface area contributed by atoms with Crippen LogP contribution in [0.1, 0.15) is 5.56 Å². The number of nitrogens with two attached hydrogens (primary N) is 1. The minimum atomic E-state index is -1.03. The summed E-state index contributed by atoms with van der Waals surface area (Å²) in [5, 5.41) is 2.35. The molecule has 2 N–H and O–H groups in total. The van der Waals surface area contributed by atoms with Crippen LogP contribution < -0.4 is 5.73 Å². The van der Waals surface area contributed by atoms with E-state index in [1.165, 1.54) is 0 Å². The van der Waals surface area contributed by atoms with Crippen LogP contribution in [0.2, 0.25) is 0 Å². The van der Waals surface area contributed by atoms with Gasteiger partial charge < -0.3 is 5.73 Å². The number of rotatable bonds is 2. The number of nitrogens with zero attached hydrogens (tertiary/aromatic N) is 1. The molecule has 0 bridgehead atoms. The van der Waals surface area contributed by atoms with E-state index in [-0.39, 0.29) is 5.84 Å². The molecule has 5 heteroatoms. The van der Waals surface area contributed by atoms with E-state index in [0.29, 0.717) is 10.5 Å². The molecule has 1 aromatic rings. The number of benzene rings is 1. The largest absolute Gasteiger partial charge is 0.381 e. The van der Waals surface area contributed by atoms with Crippen LogP contribution in [0, 0.1) is 0 Å². The van der Waals surface area contributed by atoms with Gasteiger partial charge in [-0.25, -0.2) is 0 Å². The molecule has 1 atom stereocenters. The number of halogens is 1. The average Bonchev–Trinajstić information content (AvgIpc) is 2.17. The number of amidine groups is 1. The van der Waals surface area contributed by atoms with E-state index in [0.717, 1.165) is 0 Å². The maximum Gasteiger partial charge on any atom is 0.163 e. The van der Waals surface area contributed by atoms with Gasteiger partial charge in [0.1, 0.15) is 0 Å². The molecule has 1 unspecified atom stereocenters. The Balaban J connectivity index is 3.00. The topological polar surface area (TPSA) is 55.5 Å². The molecule has 70 valence electrons. The standard InChI is InChI=1S/C8H9FN2OS/c1-13(12)7-4-2-6(3-5-7)8(10)11-9/h2-5H,1H3,(H2,10,11). The smallest absolute Gasteiger partial charge is 0.163 e. The molecule has 0 aliphatic rings. The zero-order chi connectivity index (χ0) is 9.84. The van der Waals surface area contributed by atoms with Crippen molar-refractivity contribution in [3.8, 4) is 0 Å². The van der Waals surface area contributed by atoms with Crippen molar-refractivity contribution >= 4 is 16.6 Å². The first-order valence-electron chi connectivity index (χ1n) is 3.53. The molecule has 0 aromatic heterocycles. The van der Waals surface area contributed by atoms with Crippen LogP contribution in [-0.2, 0) is 10.8 Å². The van der Waals surface area contributed by atoms with Gasteiger partial charge in [-0.15, -0.1) is 0 Å². The van der Waals surface area contributed by atoms with Crippen molar-refractivity contribution in [3.63, 3.8) is 0 Å². The maximum atomic E-state index is 11.7. The van der Waals surface area contributed by atoms with Crippen molar-refractivity contribution in [2.45, 2.75) is 4.90 Å². The lowest BCUT2D eigenvalue weighted by Gasteiger charge is -1.99. The van der Waals surface area contributed by atoms with Crippen molar-refractivity contribution in [1.82, 2.24) is 0 Å². The van der Waals surface area contributed by atoms with E-state index in [4.69, 9.17) is 5.73 Å². The van der Waals surface area contributed by atoms with Crippen LogP contribution in [-0.4, -0.2) is 16.3 Å². The summed E-state index contributed by atoms with van der Waals surface area (Å²) in [5.74, 6) is -0.173. The lowest BCUT2D eigenvalue weighted by molar-refractivity contribution is 0.536. The normalized spacial score (nSPS) is 14.2. The second kappa shape index (κ2) is 4.13. The van der Waals surface area contributed by atoms with Crippen molar-refractivity contribution in [2.75, 3.05) is 6.26 Å². The molecule has 13 heavy (non-hydrogen) atoms. The summed E-state index contributed by atoms with van der Waals surface area (Å²) >= 11 is 0. The Morgan fingerprint density at radius 3 is 2.38 bits per heavy atom. The first-order chi connectivity index (χ1) is 6.15. The Morgan fingerprint density at radius 2 is 2.00 bits per heavy atom. The molecule has 0 heterocycles. The number of hydrogen-bond acceptors (Lipinski definition) is 2. The van der Waals surface area contributed by atoms with Gasteiger partial charge in [0.2, 0.25) is 0 Å². The zero-order valence-corrected chi connectivity index (χ0v) is 7.84. The SMILES string of the molecule is CS(=O)c1ccc(C(N)=NF)cc1. The van der Waals surface area contributed by atoms with E-state index >= 15 is 0 Å². The summed E-state index contributed by atoms with van der Waals surface area (Å²) in [6.07, 6.45) is 1.57. The van der Waals surface area contributed by atoms with Crippen molar-refractivity contribution in [3.05, 3.63) is 29.8 Å². The minimum Gasteiger partial charge on any atom is -0.381 e. The summed E-state index contributed by atoms with van der Waals surface area (Å²) in [6.45, 7) is 0. The highest BCUT2D eigenvalue weighted by Gasteiger charge is 2.00. The molecule has 0 fully saturated rings. The molecule has 0 aliphatic carbocycles. The van der Waals surface area contributed by atoms with E-state index < -0.39 is 10.8 Å². The molecule has 0 saturated heterocycles. The lowest BCUT2D eigenvalue weighted by Crippen LogP contribution is -2.11. The van der Waals surface area contributed by atoms with Crippen LogP contribution in [0.4, 0.5) is 4.48 Å². The maximum absolute atomic E-state index is 11.7. The third kappa shape index (κ3) is 2.35. The van der Waals surface area contributed by atoms with Gasteiger partial charge in [-0.3, -0.25) is 4.21 Å². The third-order valence-electron chi connectivity index (χ3n) is 1.57. The Morgan fingerprint density at radius 1 is 1.46 bits per heavy atom. The molecular weight excluding hydrogens is 191 g/mol. The van der Waals surface area contributed by atoms with Gasteiger partial charge in [0, 0.05) is 27.5 Å².